The van der Waals surface area contributed by atoms with Crippen molar-refractivity contribution in [1.29, 1.82) is 0 Å². The van der Waals surface area contributed by atoms with Crippen LogP contribution in [0.1, 0.15) is 31.4 Å². The first-order valence-electron chi connectivity index (χ1n) is 7.25. The SMILES string of the molecule is Cn1ccc(CN2CCC(C3CCCN3)CC2)n1. The van der Waals surface area contributed by atoms with Crippen molar-refractivity contribution in [3.63, 3.8) is 0 Å². The quantitative estimate of drug-likeness (QED) is 0.877. The molecule has 4 nitrogen and oxygen atoms in total. The van der Waals surface area contributed by atoms with Crippen LogP contribution in [0.3, 0.4) is 0 Å². The molecule has 0 amide bonds. The van der Waals surface area contributed by atoms with Crippen molar-refractivity contribution in [1.82, 2.24) is 20.0 Å². The molecule has 1 aromatic rings. The van der Waals surface area contributed by atoms with Crippen LogP contribution in [0.2, 0.25) is 0 Å². The molecular weight excluding hydrogens is 224 g/mol. The van der Waals surface area contributed by atoms with Gasteiger partial charge in [0.05, 0.1) is 5.69 Å². The van der Waals surface area contributed by atoms with Crippen molar-refractivity contribution in [2.24, 2.45) is 13.0 Å². The zero-order valence-corrected chi connectivity index (χ0v) is 11.3. The molecule has 18 heavy (non-hydrogen) atoms. The fourth-order valence-corrected chi connectivity index (χ4v) is 3.40. The molecule has 0 saturated carbocycles. The first kappa shape index (κ1) is 12.2. The molecule has 2 aliphatic heterocycles. The summed E-state index contributed by atoms with van der Waals surface area (Å²) in [4.78, 5) is 2.55. The highest BCUT2D eigenvalue weighted by Crippen LogP contribution is 2.26. The Morgan fingerprint density at radius 3 is 2.78 bits per heavy atom. The molecule has 1 unspecified atom stereocenters. The van der Waals surface area contributed by atoms with Crippen LogP contribution in [0.25, 0.3) is 0 Å². The molecule has 0 radical (unpaired) electrons. The van der Waals surface area contributed by atoms with Gasteiger partial charge in [0.1, 0.15) is 0 Å². The lowest BCUT2D eigenvalue weighted by molar-refractivity contribution is 0.156. The zero-order chi connectivity index (χ0) is 12.4. The van der Waals surface area contributed by atoms with E-state index in [0.29, 0.717) is 0 Å². The van der Waals surface area contributed by atoms with E-state index in [4.69, 9.17) is 0 Å². The molecule has 2 saturated heterocycles. The summed E-state index contributed by atoms with van der Waals surface area (Å²) >= 11 is 0. The standard InChI is InChI=1S/C14H24N4/c1-17-8-6-13(16-17)11-18-9-4-12(5-10-18)14-3-2-7-15-14/h6,8,12,14-15H,2-5,7,9-11H2,1H3. The van der Waals surface area contributed by atoms with E-state index in [2.05, 4.69) is 21.4 Å². The monoisotopic (exact) mass is 248 g/mol. The molecular formula is C14H24N4. The van der Waals surface area contributed by atoms with Crippen molar-refractivity contribution >= 4 is 0 Å². The van der Waals surface area contributed by atoms with Crippen LogP contribution in [0, 0.1) is 5.92 Å². The predicted octanol–water partition coefficient (Wildman–Crippen LogP) is 1.38. The van der Waals surface area contributed by atoms with E-state index in [0.717, 1.165) is 18.5 Å². The molecule has 0 aliphatic carbocycles. The van der Waals surface area contributed by atoms with Crippen LogP contribution in [-0.4, -0.2) is 40.4 Å². The predicted molar refractivity (Wildman–Crippen MR) is 72.2 cm³/mol. The number of nitrogens with one attached hydrogen (secondary N) is 1. The third-order valence-electron chi connectivity index (χ3n) is 4.45. The largest absolute Gasteiger partial charge is 0.314 e. The van der Waals surface area contributed by atoms with Gasteiger partial charge in [-0.2, -0.15) is 5.10 Å². The van der Waals surface area contributed by atoms with Crippen molar-refractivity contribution in [3.8, 4) is 0 Å². The Bertz CT molecular complexity index is 373. The Labute approximate surface area is 109 Å². The summed E-state index contributed by atoms with van der Waals surface area (Å²) in [5.74, 6) is 0.910. The number of piperidine rings is 1. The number of hydrogen-bond acceptors (Lipinski definition) is 3. The fourth-order valence-electron chi connectivity index (χ4n) is 3.40. The summed E-state index contributed by atoms with van der Waals surface area (Å²) in [6.07, 6.45) is 7.50. The molecule has 1 aromatic heterocycles. The van der Waals surface area contributed by atoms with Gasteiger partial charge in [-0.05, 0) is 57.3 Å². The van der Waals surface area contributed by atoms with Crippen LogP contribution in [0.5, 0.6) is 0 Å². The second-order valence-electron chi connectivity index (χ2n) is 5.80. The van der Waals surface area contributed by atoms with E-state index < -0.39 is 0 Å². The zero-order valence-electron chi connectivity index (χ0n) is 11.3. The van der Waals surface area contributed by atoms with Gasteiger partial charge < -0.3 is 5.32 Å². The van der Waals surface area contributed by atoms with Crippen molar-refractivity contribution in [2.45, 2.75) is 38.3 Å². The Morgan fingerprint density at radius 1 is 1.33 bits per heavy atom. The number of aromatic nitrogens is 2. The average molecular weight is 248 g/mol. The van der Waals surface area contributed by atoms with Crippen LogP contribution in [0.4, 0.5) is 0 Å². The minimum absolute atomic E-state index is 0.807. The Hall–Kier alpha value is -0.870. The summed E-state index contributed by atoms with van der Waals surface area (Å²) in [6, 6.07) is 2.94. The minimum atomic E-state index is 0.807. The summed E-state index contributed by atoms with van der Waals surface area (Å²) in [7, 11) is 1.99. The lowest BCUT2D eigenvalue weighted by Crippen LogP contribution is -2.40. The Morgan fingerprint density at radius 2 is 2.17 bits per heavy atom. The molecule has 2 fully saturated rings. The molecule has 3 heterocycles. The summed E-state index contributed by atoms with van der Waals surface area (Å²) in [6.45, 7) is 4.73. The van der Waals surface area contributed by atoms with Gasteiger partial charge in [0, 0.05) is 25.8 Å². The molecule has 100 valence electrons. The van der Waals surface area contributed by atoms with Crippen LogP contribution >= 0.6 is 0 Å². The molecule has 3 rings (SSSR count). The lowest BCUT2D eigenvalue weighted by Gasteiger charge is -2.34. The van der Waals surface area contributed by atoms with Gasteiger partial charge in [-0.15, -0.1) is 0 Å². The molecule has 1 atom stereocenters. The highest BCUT2D eigenvalue weighted by molar-refractivity contribution is 4.99. The van der Waals surface area contributed by atoms with E-state index in [-0.39, 0.29) is 0 Å². The number of nitrogens with zero attached hydrogens (tertiary/aromatic N) is 3. The van der Waals surface area contributed by atoms with E-state index in [1.807, 2.05) is 17.9 Å². The topological polar surface area (TPSA) is 33.1 Å². The highest BCUT2D eigenvalue weighted by Gasteiger charge is 2.28. The number of hydrogen-bond donors (Lipinski definition) is 1. The third kappa shape index (κ3) is 2.75. The van der Waals surface area contributed by atoms with Gasteiger partial charge in [-0.25, -0.2) is 0 Å². The Kier molecular flexibility index (Phi) is 3.66. The number of likely N-dealkylation sites (tertiary alicyclic amines) is 1. The highest BCUT2D eigenvalue weighted by atomic mass is 15.3. The van der Waals surface area contributed by atoms with Gasteiger partial charge in [-0.3, -0.25) is 9.58 Å². The maximum absolute atomic E-state index is 4.46. The molecule has 0 spiro atoms. The Balaban J connectivity index is 1.47. The minimum Gasteiger partial charge on any atom is -0.314 e. The van der Waals surface area contributed by atoms with Crippen molar-refractivity contribution < 1.29 is 0 Å². The average Bonchev–Trinajstić information content (AvgIpc) is 3.02. The smallest absolute Gasteiger partial charge is 0.0764 e. The van der Waals surface area contributed by atoms with E-state index in [1.165, 1.54) is 51.0 Å². The summed E-state index contributed by atoms with van der Waals surface area (Å²) in [5.41, 5.74) is 1.20. The number of rotatable bonds is 3. The van der Waals surface area contributed by atoms with E-state index >= 15 is 0 Å². The second-order valence-corrected chi connectivity index (χ2v) is 5.80. The van der Waals surface area contributed by atoms with Crippen LogP contribution in [0.15, 0.2) is 12.3 Å². The maximum Gasteiger partial charge on any atom is 0.0764 e. The molecule has 0 bridgehead atoms. The van der Waals surface area contributed by atoms with Crippen LogP contribution < -0.4 is 5.32 Å². The third-order valence-corrected chi connectivity index (χ3v) is 4.45. The van der Waals surface area contributed by atoms with Gasteiger partial charge in [-0.1, -0.05) is 0 Å². The second kappa shape index (κ2) is 5.41. The first-order valence-corrected chi connectivity index (χ1v) is 7.25. The van der Waals surface area contributed by atoms with E-state index in [9.17, 15) is 0 Å². The molecule has 2 aliphatic rings. The molecule has 4 heteroatoms. The van der Waals surface area contributed by atoms with Gasteiger partial charge in [0.2, 0.25) is 0 Å². The summed E-state index contributed by atoms with van der Waals surface area (Å²) < 4.78 is 1.89. The first-order chi connectivity index (χ1) is 8.81. The van der Waals surface area contributed by atoms with Gasteiger partial charge in [0.25, 0.3) is 0 Å². The molecule has 0 aromatic carbocycles. The summed E-state index contributed by atoms with van der Waals surface area (Å²) in [5, 5.41) is 8.12. The fraction of sp³-hybridized carbons (Fsp3) is 0.786. The van der Waals surface area contributed by atoms with Crippen molar-refractivity contribution in [3.05, 3.63) is 18.0 Å². The maximum atomic E-state index is 4.46. The molecule has 1 N–H and O–H groups in total. The van der Waals surface area contributed by atoms with Gasteiger partial charge >= 0.3 is 0 Å². The number of aryl methyl sites for hydroxylation is 1. The van der Waals surface area contributed by atoms with Gasteiger partial charge in [0.15, 0.2) is 0 Å². The van der Waals surface area contributed by atoms with E-state index in [1.54, 1.807) is 0 Å². The normalized spacial score (nSPS) is 26.8. The van der Waals surface area contributed by atoms with Crippen LogP contribution in [-0.2, 0) is 13.6 Å². The van der Waals surface area contributed by atoms with Crippen molar-refractivity contribution in [2.75, 3.05) is 19.6 Å². The lowest BCUT2D eigenvalue weighted by atomic mass is 9.88.